The molecule has 0 amide bonds. The van der Waals surface area contributed by atoms with E-state index in [0.717, 1.165) is 52.9 Å². The van der Waals surface area contributed by atoms with Gasteiger partial charge in [0.05, 0.1) is 0 Å². The maximum Gasteiger partial charge on any atom is 0.0466 e. The lowest BCUT2D eigenvalue weighted by Gasteiger charge is -2.08. The van der Waals surface area contributed by atoms with Gasteiger partial charge in [0.25, 0.3) is 0 Å². The van der Waals surface area contributed by atoms with Crippen LogP contribution in [-0.4, -0.2) is 52.9 Å². The maximum atomic E-state index is 5.07. The van der Waals surface area contributed by atoms with Crippen molar-refractivity contribution in [2.75, 3.05) is 52.9 Å². The van der Waals surface area contributed by atoms with E-state index in [1.165, 1.54) is 64.2 Å². The summed E-state index contributed by atoms with van der Waals surface area (Å²) < 4.78 is 20.0. The average molecular weight is 407 g/mol. The van der Waals surface area contributed by atoms with Gasteiger partial charge in [-0.3, -0.25) is 0 Å². The standard InChI is InChI=1S/2C5H10O.2C4H8O.3C2H6/c2*1-2-4-6-5-3-1;2*1-2-4-5-3-1;3*1-2/h2*1-5H2;2*1-4H2;3*1-2H3. The largest absolute Gasteiger partial charge is 0.381 e. The molecule has 4 aliphatic heterocycles. The predicted octanol–water partition coefficient (Wildman–Crippen LogP) is 7.05. The van der Waals surface area contributed by atoms with Crippen LogP contribution >= 0.6 is 0 Å². The van der Waals surface area contributed by atoms with Gasteiger partial charge in [-0.2, -0.15) is 0 Å². The molecule has 4 heteroatoms. The summed E-state index contributed by atoms with van der Waals surface area (Å²) in [5.74, 6) is 0. The van der Waals surface area contributed by atoms with Crippen LogP contribution < -0.4 is 0 Å². The Balaban J connectivity index is -0.000000274. The summed E-state index contributed by atoms with van der Waals surface area (Å²) in [6, 6.07) is 0. The zero-order chi connectivity index (χ0) is 21.6. The molecule has 0 aromatic carbocycles. The lowest BCUT2D eigenvalue weighted by atomic mass is 10.2. The minimum absolute atomic E-state index is 1.00. The van der Waals surface area contributed by atoms with Crippen molar-refractivity contribution in [3.8, 4) is 0 Å². The summed E-state index contributed by atoms with van der Waals surface area (Å²) in [4.78, 5) is 0. The van der Waals surface area contributed by atoms with Gasteiger partial charge < -0.3 is 18.9 Å². The van der Waals surface area contributed by atoms with Crippen LogP contribution in [0.1, 0.15) is 106 Å². The lowest BCUT2D eigenvalue weighted by molar-refractivity contribution is 0.0967. The fourth-order valence-electron chi connectivity index (χ4n) is 2.39. The summed E-state index contributed by atoms with van der Waals surface area (Å²) in [6.07, 6.45) is 13.0. The first kappa shape index (κ1) is 32.5. The van der Waals surface area contributed by atoms with Crippen molar-refractivity contribution in [1.82, 2.24) is 0 Å². The van der Waals surface area contributed by atoms with E-state index in [-0.39, 0.29) is 0 Å². The molecular weight excluding hydrogens is 352 g/mol. The Hall–Kier alpha value is -0.160. The fourth-order valence-corrected chi connectivity index (χ4v) is 2.39. The van der Waals surface area contributed by atoms with E-state index in [1.54, 1.807) is 0 Å². The quantitative estimate of drug-likeness (QED) is 0.432. The lowest BCUT2D eigenvalue weighted by Crippen LogP contribution is -2.03. The molecule has 0 aliphatic carbocycles. The van der Waals surface area contributed by atoms with Gasteiger partial charge >= 0.3 is 0 Å². The van der Waals surface area contributed by atoms with Gasteiger partial charge in [0.15, 0.2) is 0 Å². The van der Waals surface area contributed by atoms with Gasteiger partial charge in [-0.15, -0.1) is 0 Å². The van der Waals surface area contributed by atoms with Crippen molar-refractivity contribution in [2.45, 2.75) is 106 Å². The minimum Gasteiger partial charge on any atom is -0.381 e. The minimum atomic E-state index is 1.00. The second kappa shape index (κ2) is 37.6. The highest BCUT2D eigenvalue weighted by atomic mass is 16.5. The van der Waals surface area contributed by atoms with E-state index in [2.05, 4.69) is 0 Å². The number of hydrogen-bond donors (Lipinski definition) is 0. The SMILES string of the molecule is C1CCOC1.C1CCOC1.C1CCOCC1.C1CCOCC1.CC.CC.CC. The Morgan fingerprint density at radius 2 is 0.393 bits per heavy atom. The summed E-state index contributed by atoms with van der Waals surface area (Å²) in [7, 11) is 0. The zero-order valence-electron chi connectivity index (χ0n) is 20.4. The topological polar surface area (TPSA) is 36.9 Å². The highest BCUT2D eigenvalue weighted by Crippen LogP contribution is 2.02. The van der Waals surface area contributed by atoms with Crippen molar-refractivity contribution < 1.29 is 18.9 Å². The van der Waals surface area contributed by atoms with E-state index in [1.807, 2.05) is 41.5 Å². The number of hydrogen-bond acceptors (Lipinski definition) is 4. The highest BCUT2D eigenvalue weighted by molar-refractivity contribution is 4.46. The number of ether oxygens (including phenoxy) is 4. The van der Waals surface area contributed by atoms with Gasteiger partial charge in [-0.25, -0.2) is 0 Å². The predicted molar refractivity (Wildman–Crippen MR) is 123 cm³/mol. The molecule has 0 unspecified atom stereocenters. The van der Waals surface area contributed by atoms with Gasteiger partial charge in [0, 0.05) is 52.9 Å². The molecule has 4 nitrogen and oxygen atoms in total. The van der Waals surface area contributed by atoms with Crippen LogP contribution in [0.5, 0.6) is 0 Å². The second-order valence-corrected chi connectivity index (χ2v) is 5.99. The summed E-state index contributed by atoms with van der Waals surface area (Å²) in [5, 5.41) is 0. The van der Waals surface area contributed by atoms with Gasteiger partial charge in [0.2, 0.25) is 0 Å². The van der Waals surface area contributed by atoms with Crippen molar-refractivity contribution in [3.05, 3.63) is 0 Å². The number of rotatable bonds is 0. The van der Waals surface area contributed by atoms with Crippen LogP contribution in [0.4, 0.5) is 0 Å². The molecule has 0 atom stereocenters. The maximum absolute atomic E-state index is 5.07. The van der Waals surface area contributed by atoms with E-state index in [4.69, 9.17) is 18.9 Å². The molecule has 4 rings (SSSR count). The first-order chi connectivity index (χ1) is 14.0. The van der Waals surface area contributed by atoms with E-state index in [9.17, 15) is 0 Å². The molecule has 0 spiro atoms. The summed E-state index contributed by atoms with van der Waals surface area (Å²) >= 11 is 0. The third-order valence-electron chi connectivity index (χ3n) is 3.81. The van der Waals surface area contributed by atoms with Crippen molar-refractivity contribution in [2.24, 2.45) is 0 Å². The van der Waals surface area contributed by atoms with E-state index < -0.39 is 0 Å². The Morgan fingerprint density at radius 3 is 0.464 bits per heavy atom. The highest BCUT2D eigenvalue weighted by Gasteiger charge is 1.96. The van der Waals surface area contributed by atoms with Crippen molar-refractivity contribution in [3.63, 3.8) is 0 Å². The molecule has 4 aliphatic rings. The molecule has 4 fully saturated rings. The Morgan fingerprint density at radius 1 is 0.250 bits per heavy atom. The molecule has 0 aromatic heterocycles. The first-order valence-corrected chi connectivity index (χ1v) is 12.3. The van der Waals surface area contributed by atoms with E-state index >= 15 is 0 Å². The van der Waals surface area contributed by atoms with Crippen LogP contribution in [-0.2, 0) is 18.9 Å². The zero-order valence-corrected chi connectivity index (χ0v) is 20.4. The van der Waals surface area contributed by atoms with Crippen molar-refractivity contribution in [1.29, 1.82) is 0 Å². The Bertz CT molecular complexity index is 137. The monoisotopic (exact) mass is 406 g/mol. The summed E-state index contributed by atoms with van der Waals surface area (Å²) in [6.45, 7) is 20.0. The summed E-state index contributed by atoms with van der Waals surface area (Å²) in [5.41, 5.74) is 0. The first-order valence-electron chi connectivity index (χ1n) is 12.3. The molecule has 0 radical (unpaired) electrons. The molecule has 0 aromatic rings. The molecule has 0 N–H and O–H groups in total. The molecule has 0 bridgehead atoms. The molecular formula is C24H54O4. The van der Waals surface area contributed by atoms with Crippen LogP contribution in [0.15, 0.2) is 0 Å². The molecule has 4 saturated heterocycles. The van der Waals surface area contributed by atoms with Crippen LogP contribution in [0.25, 0.3) is 0 Å². The molecule has 174 valence electrons. The van der Waals surface area contributed by atoms with Crippen LogP contribution in [0.3, 0.4) is 0 Å². The molecule has 28 heavy (non-hydrogen) atoms. The molecule has 0 saturated carbocycles. The van der Waals surface area contributed by atoms with Gasteiger partial charge in [-0.05, 0) is 64.2 Å². The Kier molecular flexibility index (Phi) is 43.6. The second-order valence-electron chi connectivity index (χ2n) is 5.99. The van der Waals surface area contributed by atoms with Crippen LogP contribution in [0.2, 0.25) is 0 Å². The average Bonchev–Trinajstić information content (AvgIpc) is 3.60. The van der Waals surface area contributed by atoms with Crippen LogP contribution in [0, 0.1) is 0 Å². The molecule has 4 heterocycles. The van der Waals surface area contributed by atoms with Crippen molar-refractivity contribution >= 4 is 0 Å². The third-order valence-corrected chi connectivity index (χ3v) is 3.81. The Labute approximate surface area is 178 Å². The third kappa shape index (κ3) is 33.4. The fraction of sp³-hybridized carbons (Fsp3) is 1.00. The van der Waals surface area contributed by atoms with Gasteiger partial charge in [0.1, 0.15) is 0 Å². The van der Waals surface area contributed by atoms with Gasteiger partial charge in [-0.1, -0.05) is 41.5 Å². The smallest absolute Gasteiger partial charge is 0.0466 e. The van der Waals surface area contributed by atoms with E-state index in [0.29, 0.717) is 0 Å². The normalized spacial score (nSPS) is 19.5.